The van der Waals surface area contributed by atoms with E-state index in [-0.39, 0.29) is 35.9 Å². The summed E-state index contributed by atoms with van der Waals surface area (Å²) in [7, 11) is -11.0. The van der Waals surface area contributed by atoms with Crippen LogP contribution in [-0.2, 0) is 32.6 Å². The molecule has 0 radical (unpaired) electrons. The molecule has 2 aliphatic rings. The number of fused-ring (bicyclic) bond motifs is 2. The standard InChI is InChI=1S/C59H96O12Si6/c1-72(2,3)68-76(11,12)70-74(7,8)41-25-21-17-15-19-23-39-63-52-33-29-48(30-34-52)57(60)66-54-37-38-56(51(45-54)46-65-59(62)55-44-47-27-28-50(55)43-47)67-58(61)49-31-35-53(36-32-49)64-40-24-20-16-18-22-26-42-75(9,10)71-77(13,14)69-73(4,5)6/h27-38,45,47,50,55H,15-26,39-44,46H2,1-14H3. The maximum atomic E-state index is 13.5. The van der Waals surface area contributed by atoms with E-state index in [9.17, 15) is 14.4 Å². The molecule has 3 atom stereocenters. The first kappa shape index (κ1) is 64.4. The zero-order chi connectivity index (χ0) is 56.5. The van der Waals surface area contributed by atoms with Gasteiger partial charge in [0.15, 0.2) is 33.3 Å². The Hall–Kier alpha value is -3.45. The molecule has 428 valence electrons. The molecule has 0 aromatic heterocycles. The van der Waals surface area contributed by atoms with E-state index < -0.39 is 62.3 Å². The first-order valence-electron chi connectivity index (χ1n) is 28.7. The topological polar surface area (TPSA) is 134 Å². The molecule has 2 aliphatic carbocycles. The van der Waals surface area contributed by atoms with Crippen molar-refractivity contribution < 1.29 is 54.5 Å². The maximum absolute atomic E-state index is 13.5. The van der Waals surface area contributed by atoms with Crippen LogP contribution in [0.2, 0.25) is 104 Å². The molecule has 1 fully saturated rings. The summed E-state index contributed by atoms with van der Waals surface area (Å²) < 4.78 is 55.8. The average molecular weight is 1170 g/mol. The van der Waals surface area contributed by atoms with Gasteiger partial charge in [-0.3, -0.25) is 4.79 Å². The van der Waals surface area contributed by atoms with Crippen LogP contribution in [0.4, 0.5) is 0 Å². The molecule has 3 unspecified atom stereocenters. The SMILES string of the molecule is C[Si](C)(C)O[Si](C)(C)O[Si](C)(C)CCCCCCCCOc1ccc(C(=O)Oc2ccc(OC(=O)c3ccc(OCCCCCCCC[Si](C)(C)O[Si](C)(C)O[Si](C)(C)C)cc3)c(COC(=O)C3CC4C=CC3C4)c2)cc1. The first-order valence-corrected chi connectivity index (χ1v) is 47.4. The summed E-state index contributed by atoms with van der Waals surface area (Å²) in [5.74, 6) is 0.747. The highest BCUT2D eigenvalue weighted by molar-refractivity contribution is 6.88. The van der Waals surface area contributed by atoms with E-state index in [1.54, 1.807) is 66.7 Å². The third kappa shape index (κ3) is 24.4. The van der Waals surface area contributed by atoms with Crippen molar-refractivity contribution in [2.24, 2.45) is 17.8 Å². The van der Waals surface area contributed by atoms with Crippen molar-refractivity contribution in [3.63, 3.8) is 0 Å². The summed E-state index contributed by atoms with van der Waals surface area (Å²) in [6.07, 6.45) is 19.7. The number of hydrogen-bond acceptors (Lipinski definition) is 12. The fourth-order valence-electron chi connectivity index (χ4n) is 10.9. The third-order valence-electron chi connectivity index (χ3n) is 13.6. The van der Waals surface area contributed by atoms with Crippen LogP contribution in [0.3, 0.4) is 0 Å². The number of carbonyl (C=O) groups is 3. The Morgan fingerprint density at radius 1 is 0.468 bits per heavy atom. The molecular formula is C59H96O12Si6. The van der Waals surface area contributed by atoms with Crippen molar-refractivity contribution >= 4 is 68.3 Å². The molecule has 0 amide bonds. The van der Waals surface area contributed by atoms with E-state index in [1.165, 1.54) is 51.4 Å². The molecule has 1 saturated carbocycles. The number of rotatable bonds is 35. The molecule has 77 heavy (non-hydrogen) atoms. The predicted octanol–water partition coefficient (Wildman–Crippen LogP) is 16.4. The van der Waals surface area contributed by atoms with Gasteiger partial charge in [0, 0.05) is 5.56 Å². The monoisotopic (exact) mass is 1160 g/mol. The minimum atomic E-state index is -2.10. The Labute approximate surface area is 470 Å². The lowest BCUT2D eigenvalue weighted by molar-refractivity contribution is -0.150. The summed E-state index contributed by atoms with van der Waals surface area (Å²) in [6.45, 7) is 32.5. The average Bonchev–Trinajstić information content (AvgIpc) is 3.96. The lowest BCUT2D eigenvalue weighted by Crippen LogP contribution is -2.51. The van der Waals surface area contributed by atoms with Crippen molar-refractivity contribution in [1.82, 2.24) is 0 Å². The number of ether oxygens (including phenoxy) is 5. The Bertz CT molecular complexity index is 2360. The van der Waals surface area contributed by atoms with E-state index in [4.69, 9.17) is 40.1 Å². The fraction of sp³-hybridized carbons (Fsp3) is 0.610. The van der Waals surface area contributed by atoms with E-state index in [0.29, 0.717) is 47.3 Å². The number of unbranched alkanes of at least 4 members (excludes halogenated alkanes) is 10. The van der Waals surface area contributed by atoms with Gasteiger partial charge in [-0.1, -0.05) is 76.4 Å². The van der Waals surface area contributed by atoms with Gasteiger partial charge in [-0.25, -0.2) is 9.59 Å². The molecule has 0 saturated heterocycles. The number of benzene rings is 3. The van der Waals surface area contributed by atoms with Crippen LogP contribution in [0.1, 0.15) is 116 Å². The lowest BCUT2D eigenvalue weighted by Gasteiger charge is -2.37. The van der Waals surface area contributed by atoms with Gasteiger partial charge < -0.3 is 40.1 Å². The third-order valence-corrected chi connectivity index (χ3v) is 33.9. The summed E-state index contributed by atoms with van der Waals surface area (Å²) in [5, 5.41) is 0. The molecule has 12 nitrogen and oxygen atoms in total. The molecule has 0 heterocycles. The predicted molar refractivity (Wildman–Crippen MR) is 325 cm³/mol. The molecular weight excluding hydrogens is 1070 g/mol. The Kier molecular flexibility index (Phi) is 24.5. The van der Waals surface area contributed by atoms with Crippen molar-refractivity contribution in [1.29, 1.82) is 0 Å². The van der Waals surface area contributed by atoms with Gasteiger partial charge in [-0.15, -0.1) is 0 Å². The second-order valence-electron chi connectivity index (χ2n) is 25.5. The van der Waals surface area contributed by atoms with Gasteiger partial charge in [0.2, 0.25) is 0 Å². The molecule has 2 bridgehead atoms. The fourth-order valence-corrected chi connectivity index (χ4v) is 37.4. The first-order chi connectivity index (χ1) is 36.0. The summed E-state index contributed by atoms with van der Waals surface area (Å²) >= 11 is 0. The number of carbonyl (C=O) groups excluding carboxylic acids is 3. The van der Waals surface area contributed by atoms with Gasteiger partial charge >= 0.3 is 35.0 Å². The van der Waals surface area contributed by atoms with Crippen LogP contribution in [0.15, 0.2) is 78.9 Å². The van der Waals surface area contributed by atoms with Crippen LogP contribution in [0.25, 0.3) is 0 Å². The lowest BCUT2D eigenvalue weighted by atomic mass is 9.94. The number of allylic oxidation sites excluding steroid dienone is 2. The highest BCUT2D eigenvalue weighted by Crippen LogP contribution is 2.44. The Morgan fingerprint density at radius 2 is 0.896 bits per heavy atom. The highest BCUT2D eigenvalue weighted by Gasteiger charge is 2.41. The minimum Gasteiger partial charge on any atom is -0.494 e. The van der Waals surface area contributed by atoms with Crippen LogP contribution < -0.4 is 18.9 Å². The Morgan fingerprint density at radius 3 is 1.32 bits per heavy atom. The molecule has 18 heteroatoms. The highest BCUT2D eigenvalue weighted by atomic mass is 28.5. The van der Waals surface area contributed by atoms with Crippen LogP contribution >= 0.6 is 0 Å². The molecule has 3 aromatic rings. The van der Waals surface area contributed by atoms with E-state index in [1.807, 2.05) is 0 Å². The smallest absolute Gasteiger partial charge is 0.343 e. The summed E-state index contributed by atoms with van der Waals surface area (Å²) in [4.78, 5) is 40.2. The second kappa shape index (κ2) is 29.3. The van der Waals surface area contributed by atoms with Crippen LogP contribution in [0, 0.1) is 17.8 Å². The van der Waals surface area contributed by atoms with E-state index >= 15 is 0 Å². The van der Waals surface area contributed by atoms with E-state index in [2.05, 4.69) is 104 Å². The number of esters is 3. The summed E-state index contributed by atoms with van der Waals surface area (Å²) in [6, 6.07) is 20.9. The minimum absolute atomic E-state index is 0.156. The van der Waals surface area contributed by atoms with Gasteiger partial charge in [0.25, 0.3) is 0 Å². The van der Waals surface area contributed by atoms with Crippen molar-refractivity contribution in [3.05, 3.63) is 95.6 Å². The van der Waals surface area contributed by atoms with Gasteiger partial charge in [0.1, 0.15) is 29.6 Å². The molecule has 0 N–H and O–H groups in total. The zero-order valence-electron chi connectivity index (χ0n) is 49.6. The molecule has 5 rings (SSSR count). The zero-order valence-corrected chi connectivity index (χ0v) is 55.6. The summed E-state index contributed by atoms with van der Waals surface area (Å²) in [5.41, 5.74) is 1.09. The van der Waals surface area contributed by atoms with Gasteiger partial charge in [-0.05, 0) is 208 Å². The molecule has 0 spiro atoms. The van der Waals surface area contributed by atoms with Crippen molar-refractivity contribution in [3.8, 4) is 23.0 Å². The molecule has 3 aromatic carbocycles. The van der Waals surface area contributed by atoms with Crippen LogP contribution in [-0.4, -0.2) is 81.5 Å². The Balaban J connectivity index is 1.03. The van der Waals surface area contributed by atoms with Crippen LogP contribution in [0.5, 0.6) is 23.0 Å². The number of hydrogen-bond donors (Lipinski definition) is 0. The van der Waals surface area contributed by atoms with Crippen molar-refractivity contribution in [2.75, 3.05) is 13.2 Å². The van der Waals surface area contributed by atoms with Gasteiger partial charge in [0.05, 0.1) is 30.3 Å². The van der Waals surface area contributed by atoms with Gasteiger partial charge in [-0.2, -0.15) is 0 Å². The van der Waals surface area contributed by atoms with E-state index in [0.717, 1.165) is 50.6 Å². The molecule has 0 aliphatic heterocycles. The van der Waals surface area contributed by atoms with Crippen molar-refractivity contribution in [2.45, 2.75) is 200 Å². The second-order valence-corrected chi connectivity index (χ2v) is 50.8. The largest absolute Gasteiger partial charge is 0.494 e. The maximum Gasteiger partial charge on any atom is 0.343 e. The quantitative estimate of drug-likeness (QED) is 0.0182. The normalized spacial score (nSPS) is 16.9.